The molecule has 0 radical (unpaired) electrons. The molecule has 0 saturated carbocycles. The Bertz CT molecular complexity index is 1220. The van der Waals surface area contributed by atoms with Gasteiger partial charge in [-0.1, -0.05) is 48.5 Å². The maximum atomic E-state index is 13.2. The predicted molar refractivity (Wildman–Crippen MR) is 139 cm³/mol. The average molecular weight is 472 g/mol. The van der Waals surface area contributed by atoms with Crippen molar-refractivity contribution in [2.24, 2.45) is 0 Å². The molecule has 35 heavy (non-hydrogen) atoms. The van der Waals surface area contributed by atoms with Crippen LogP contribution in [0.1, 0.15) is 47.9 Å². The van der Waals surface area contributed by atoms with Gasteiger partial charge in [0.05, 0.1) is 6.61 Å². The Morgan fingerprint density at radius 2 is 1.80 bits per heavy atom. The number of rotatable bonds is 9. The Morgan fingerprint density at radius 1 is 1.00 bits per heavy atom. The second kappa shape index (κ2) is 11.2. The van der Waals surface area contributed by atoms with Gasteiger partial charge >= 0.3 is 5.97 Å². The van der Waals surface area contributed by atoms with Crippen LogP contribution in [-0.4, -0.2) is 30.1 Å². The monoisotopic (exact) mass is 471 g/mol. The molecule has 3 aromatic carbocycles. The van der Waals surface area contributed by atoms with Gasteiger partial charge in [0.25, 0.3) is 0 Å². The summed E-state index contributed by atoms with van der Waals surface area (Å²) in [7, 11) is 0. The van der Waals surface area contributed by atoms with Crippen LogP contribution in [0, 0.1) is 13.8 Å². The van der Waals surface area contributed by atoms with Crippen LogP contribution in [0.4, 0.5) is 5.69 Å². The van der Waals surface area contributed by atoms with Crippen LogP contribution in [-0.2, 0) is 22.4 Å². The number of benzene rings is 3. The van der Waals surface area contributed by atoms with Crippen molar-refractivity contribution < 1.29 is 19.4 Å². The van der Waals surface area contributed by atoms with E-state index in [9.17, 15) is 9.59 Å². The summed E-state index contributed by atoms with van der Waals surface area (Å²) in [6.45, 7) is 5.37. The molecule has 0 unspecified atom stereocenters. The molecule has 1 aliphatic rings. The van der Waals surface area contributed by atoms with E-state index in [0.717, 1.165) is 53.1 Å². The van der Waals surface area contributed by atoms with Crippen molar-refractivity contribution >= 4 is 17.6 Å². The van der Waals surface area contributed by atoms with E-state index in [2.05, 4.69) is 38.1 Å². The van der Waals surface area contributed by atoms with Gasteiger partial charge in [0.1, 0.15) is 5.75 Å². The van der Waals surface area contributed by atoms with Gasteiger partial charge < -0.3 is 14.7 Å². The van der Waals surface area contributed by atoms with Gasteiger partial charge in [-0.2, -0.15) is 0 Å². The minimum absolute atomic E-state index is 0.117. The highest BCUT2D eigenvalue weighted by Crippen LogP contribution is 2.36. The lowest BCUT2D eigenvalue weighted by atomic mass is 9.91. The van der Waals surface area contributed by atoms with Crippen molar-refractivity contribution in [3.63, 3.8) is 0 Å². The molecule has 0 fully saturated rings. The van der Waals surface area contributed by atoms with Gasteiger partial charge in [-0.15, -0.1) is 0 Å². The van der Waals surface area contributed by atoms with Crippen LogP contribution in [0.2, 0.25) is 0 Å². The third-order valence-electron chi connectivity index (χ3n) is 6.76. The predicted octanol–water partition coefficient (Wildman–Crippen LogP) is 6.13. The molecule has 182 valence electrons. The quantitative estimate of drug-likeness (QED) is 0.382. The first-order valence-corrected chi connectivity index (χ1v) is 12.4. The molecule has 0 bridgehead atoms. The number of carboxylic acid groups (broad SMARTS) is 1. The molecule has 1 amide bonds. The van der Waals surface area contributed by atoms with Gasteiger partial charge in [0, 0.05) is 25.1 Å². The van der Waals surface area contributed by atoms with E-state index >= 15 is 0 Å². The molecule has 3 aromatic rings. The molecule has 0 atom stereocenters. The number of fused-ring (bicyclic) bond motifs is 1. The van der Waals surface area contributed by atoms with Crippen LogP contribution in [0.25, 0.3) is 11.1 Å². The number of amides is 1. The van der Waals surface area contributed by atoms with E-state index in [1.54, 1.807) is 0 Å². The van der Waals surface area contributed by atoms with Gasteiger partial charge in [-0.05, 0) is 85.0 Å². The molecule has 4 rings (SSSR count). The molecular formula is C30H33NO4. The summed E-state index contributed by atoms with van der Waals surface area (Å²) in [4.78, 5) is 26.1. The second-order valence-electron chi connectivity index (χ2n) is 9.20. The summed E-state index contributed by atoms with van der Waals surface area (Å²) in [5.41, 5.74) is 7.72. The summed E-state index contributed by atoms with van der Waals surface area (Å²) in [5.74, 6) is 0.222. The summed E-state index contributed by atoms with van der Waals surface area (Å²) in [6.07, 6.45) is 3.58. The maximum Gasteiger partial charge on any atom is 0.303 e. The minimum Gasteiger partial charge on any atom is -0.493 e. The Kier molecular flexibility index (Phi) is 7.86. The van der Waals surface area contributed by atoms with Crippen LogP contribution in [0.15, 0.2) is 60.7 Å². The summed E-state index contributed by atoms with van der Waals surface area (Å²) >= 11 is 0. The highest BCUT2D eigenvalue weighted by molar-refractivity contribution is 5.96. The highest BCUT2D eigenvalue weighted by atomic mass is 16.5. The van der Waals surface area contributed by atoms with E-state index < -0.39 is 5.97 Å². The number of carboxylic acids is 1. The lowest BCUT2D eigenvalue weighted by Crippen LogP contribution is -2.35. The lowest BCUT2D eigenvalue weighted by Gasteiger charge is -2.31. The van der Waals surface area contributed by atoms with Crippen LogP contribution < -0.4 is 9.64 Å². The Hall–Kier alpha value is -3.60. The molecule has 1 N–H and O–H groups in total. The number of aryl methyl sites for hydroxylation is 2. The zero-order valence-electron chi connectivity index (χ0n) is 20.5. The van der Waals surface area contributed by atoms with E-state index in [1.165, 1.54) is 11.1 Å². The lowest BCUT2D eigenvalue weighted by molar-refractivity contribution is -0.137. The Morgan fingerprint density at radius 3 is 2.63 bits per heavy atom. The van der Waals surface area contributed by atoms with Crippen molar-refractivity contribution in [2.45, 2.75) is 52.4 Å². The number of hydrogen-bond acceptors (Lipinski definition) is 3. The number of nitrogens with zero attached hydrogens (tertiary/aromatic N) is 1. The van der Waals surface area contributed by atoms with Crippen molar-refractivity contribution in [2.75, 3.05) is 18.1 Å². The first-order chi connectivity index (χ1) is 16.9. The first-order valence-electron chi connectivity index (χ1n) is 12.4. The molecule has 0 saturated heterocycles. The summed E-state index contributed by atoms with van der Waals surface area (Å²) in [5, 5.41) is 9.01. The van der Waals surface area contributed by atoms with Crippen molar-refractivity contribution in [3.8, 4) is 16.9 Å². The van der Waals surface area contributed by atoms with E-state index in [0.29, 0.717) is 25.9 Å². The fourth-order valence-electron chi connectivity index (χ4n) is 4.72. The minimum atomic E-state index is -0.791. The van der Waals surface area contributed by atoms with Crippen molar-refractivity contribution in [1.82, 2.24) is 0 Å². The largest absolute Gasteiger partial charge is 0.493 e. The zero-order chi connectivity index (χ0) is 24.8. The smallest absolute Gasteiger partial charge is 0.303 e. The van der Waals surface area contributed by atoms with Gasteiger partial charge in [-0.3, -0.25) is 9.59 Å². The maximum absolute atomic E-state index is 13.2. The van der Waals surface area contributed by atoms with E-state index in [-0.39, 0.29) is 12.3 Å². The van der Waals surface area contributed by atoms with Crippen LogP contribution in [0.3, 0.4) is 0 Å². The third kappa shape index (κ3) is 5.91. The number of anilines is 1. The van der Waals surface area contributed by atoms with Crippen molar-refractivity contribution in [3.05, 3.63) is 82.9 Å². The molecule has 1 heterocycles. The fraction of sp³-hybridized carbons (Fsp3) is 0.333. The molecule has 5 nitrogen and oxygen atoms in total. The first kappa shape index (κ1) is 24.5. The van der Waals surface area contributed by atoms with Crippen LogP contribution in [0.5, 0.6) is 5.75 Å². The van der Waals surface area contributed by atoms with E-state index in [1.807, 2.05) is 41.3 Å². The van der Waals surface area contributed by atoms with Gasteiger partial charge in [-0.25, -0.2) is 0 Å². The molecule has 1 aliphatic heterocycles. The molecule has 0 aliphatic carbocycles. The zero-order valence-corrected chi connectivity index (χ0v) is 20.5. The second-order valence-corrected chi connectivity index (χ2v) is 9.20. The number of hydrogen-bond donors (Lipinski definition) is 1. The Balaban J connectivity index is 1.44. The van der Waals surface area contributed by atoms with Gasteiger partial charge in [0.2, 0.25) is 5.91 Å². The van der Waals surface area contributed by atoms with Crippen molar-refractivity contribution in [1.29, 1.82) is 0 Å². The SMILES string of the molecule is Cc1cccc(OCCCC(=O)N2CCCc3c(-c4cccc(CCC(=O)O)c4)cccc32)c1C. The third-order valence-corrected chi connectivity index (χ3v) is 6.76. The Labute approximate surface area is 207 Å². The molecule has 5 heteroatoms. The average Bonchev–Trinajstić information content (AvgIpc) is 2.87. The number of carbonyl (C=O) groups excluding carboxylic acids is 1. The highest BCUT2D eigenvalue weighted by Gasteiger charge is 2.24. The number of ether oxygens (including phenoxy) is 1. The standard InChI is InChI=1S/C30H33NO4/c1-21-8-3-14-28(22(21)2)35-19-7-15-29(32)31-18-6-12-26-25(11-5-13-27(26)31)24-10-4-9-23(20-24)16-17-30(33)34/h3-5,8-11,13-14,20H,6-7,12,15-19H2,1-2H3,(H,33,34). The van der Waals surface area contributed by atoms with E-state index in [4.69, 9.17) is 9.84 Å². The van der Waals surface area contributed by atoms with Crippen LogP contribution >= 0.6 is 0 Å². The molecule has 0 aromatic heterocycles. The topological polar surface area (TPSA) is 66.8 Å². The summed E-state index contributed by atoms with van der Waals surface area (Å²) in [6, 6.07) is 20.3. The fourth-order valence-corrected chi connectivity index (χ4v) is 4.72. The molecule has 0 spiro atoms. The number of aliphatic carboxylic acids is 1. The summed E-state index contributed by atoms with van der Waals surface area (Å²) < 4.78 is 5.94. The molecular weight excluding hydrogens is 438 g/mol. The van der Waals surface area contributed by atoms with Gasteiger partial charge in [0.15, 0.2) is 0 Å². The number of carbonyl (C=O) groups is 2. The normalized spacial score (nSPS) is 12.8.